The van der Waals surface area contributed by atoms with Gasteiger partial charge in [-0.2, -0.15) is 0 Å². The second-order valence-corrected chi connectivity index (χ2v) is 6.71. The van der Waals surface area contributed by atoms with Crippen molar-refractivity contribution in [1.82, 2.24) is 9.88 Å². The summed E-state index contributed by atoms with van der Waals surface area (Å²) < 4.78 is 0. The predicted octanol–water partition coefficient (Wildman–Crippen LogP) is 4.09. The minimum atomic E-state index is 0.719. The zero-order valence-electron chi connectivity index (χ0n) is 12.7. The molecule has 1 heterocycles. The third kappa shape index (κ3) is 2.38. The lowest BCUT2D eigenvalue weighted by atomic mass is 9.85. The molecule has 0 saturated carbocycles. The smallest absolute Gasteiger partial charge is 0.0468 e. The number of likely N-dealkylation sites (N-methyl/N-ethyl adjacent to an activating group) is 1. The molecule has 0 bridgehead atoms. The van der Waals surface area contributed by atoms with Crippen LogP contribution < -0.4 is 0 Å². The fraction of sp³-hybridized carbons (Fsp3) is 0.529. The molecule has 0 fully saturated rings. The second-order valence-electron chi connectivity index (χ2n) is 5.86. The summed E-state index contributed by atoms with van der Waals surface area (Å²) in [4.78, 5) is 7.35. The number of thioether (sulfide) groups is 1. The summed E-state index contributed by atoms with van der Waals surface area (Å²) in [6.07, 6.45) is 9.29. The zero-order valence-corrected chi connectivity index (χ0v) is 13.5. The number of rotatable bonds is 4. The van der Waals surface area contributed by atoms with E-state index in [1.54, 1.807) is 11.1 Å². The van der Waals surface area contributed by atoms with Crippen molar-refractivity contribution < 1.29 is 0 Å². The first-order chi connectivity index (χ1) is 9.74. The van der Waals surface area contributed by atoms with Crippen LogP contribution in [0, 0.1) is 0 Å². The van der Waals surface area contributed by atoms with Gasteiger partial charge >= 0.3 is 0 Å². The predicted molar refractivity (Wildman–Crippen MR) is 88.8 cm³/mol. The number of aromatic amines is 1. The van der Waals surface area contributed by atoms with E-state index >= 15 is 0 Å². The van der Waals surface area contributed by atoms with Crippen LogP contribution in [0.3, 0.4) is 0 Å². The maximum Gasteiger partial charge on any atom is 0.0468 e. The van der Waals surface area contributed by atoms with Gasteiger partial charge in [-0.1, -0.05) is 13.0 Å². The van der Waals surface area contributed by atoms with Gasteiger partial charge < -0.3 is 9.88 Å². The van der Waals surface area contributed by atoms with Crippen LogP contribution in [-0.2, 0) is 12.8 Å². The monoisotopic (exact) mass is 288 g/mol. The lowest BCUT2D eigenvalue weighted by Gasteiger charge is -2.32. The molecule has 1 aromatic carbocycles. The highest BCUT2D eigenvalue weighted by Gasteiger charge is 2.24. The number of benzene rings is 1. The Morgan fingerprint density at radius 2 is 2.25 bits per heavy atom. The van der Waals surface area contributed by atoms with Gasteiger partial charge in [-0.15, -0.1) is 11.8 Å². The van der Waals surface area contributed by atoms with Crippen molar-refractivity contribution in [2.75, 3.05) is 19.8 Å². The Labute approximate surface area is 125 Å². The number of hydrogen-bond acceptors (Lipinski definition) is 2. The van der Waals surface area contributed by atoms with E-state index < -0.39 is 0 Å². The second kappa shape index (κ2) is 5.82. The maximum atomic E-state index is 3.41. The minimum absolute atomic E-state index is 0.719. The summed E-state index contributed by atoms with van der Waals surface area (Å²) in [6, 6.07) is 5.32. The Kier molecular flexibility index (Phi) is 4.08. The molecule has 0 saturated heterocycles. The van der Waals surface area contributed by atoms with Crippen molar-refractivity contribution >= 4 is 22.7 Å². The third-order valence-electron chi connectivity index (χ3n) is 4.62. The van der Waals surface area contributed by atoms with E-state index in [-0.39, 0.29) is 0 Å². The molecule has 1 aromatic heterocycles. The van der Waals surface area contributed by atoms with Gasteiger partial charge in [0, 0.05) is 28.0 Å². The summed E-state index contributed by atoms with van der Waals surface area (Å²) in [5.74, 6) is 0. The first-order valence-corrected chi connectivity index (χ1v) is 8.83. The van der Waals surface area contributed by atoms with Crippen LogP contribution in [0.25, 0.3) is 10.9 Å². The molecule has 0 spiro atoms. The van der Waals surface area contributed by atoms with Crippen LogP contribution in [0.15, 0.2) is 23.2 Å². The van der Waals surface area contributed by atoms with Gasteiger partial charge in [-0.05, 0) is 62.7 Å². The highest BCUT2D eigenvalue weighted by atomic mass is 32.2. The van der Waals surface area contributed by atoms with Crippen LogP contribution >= 0.6 is 11.8 Å². The largest absolute Gasteiger partial charge is 0.360 e. The summed E-state index contributed by atoms with van der Waals surface area (Å²) in [6.45, 7) is 3.48. The number of fused-ring (bicyclic) bond motifs is 3. The van der Waals surface area contributed by atoms with Crippen LogP contribution in [0.5, 0.6) is 0 Å². The zero-order chi connectivity index (χ0) is 14.1. The standard InChI is InChI=1S/C17H24N2S/c1-4-9-19(2)13-6-7-14-12(10-13)5-8-15-17(14)16(20-3)11-18-15/h5,8,11,13,18H,4,6-7,9-10H2,1-3H3. The van der Waals surface area contributed by atoms with Gasteiger partial charge in [0.2, 0.25) is 0 Å². The average molecular weight is 288 g/mol. The molecule has 0 aliphatic heterocycles. The molecule has 3 rings (SSSR count). The first-order valence-electron chi connectivity index (χ1n) is 7.60. The molecule has 0 radical (unpaired) electrons. The number of nitrogens with one attached hydrogen (secondary N) is 1. The topological polar surface area (TPSA) is 19.0 Å². The molecular weight excluding hydrogens is 264 g/mol. The van der Waals surface area contributed by atoms with E-state index in [2.05, 4.69) is 48.4 Å². The Morgan fingerprint density at radius 3 is 3.00 bits per heavy atom. The molecular formula is C17H24N2S. The van der Waals surface area contributed by atoms with Crippen molar-refractivity contribution in [2.24, 2.45) is 0 Å². The summed E-state index contributed by atoms with van der Waals surface area (Å²) >= 11 is 1.85. The van der Waals surface area contributed by atoms with Crippen LogP contribution in [-0.4, -0.2) is 35.8 Å². The number of H-pyrrole nitrogens is 1. The van der Waals surface area contributed by atoms with E-state index in [0.29, 0.717) is 0 Å². The molecule has 1 unspecified atom stereocenters. The summed E-state index contributed by atoms with van der Waals surface area (Å²) in [5.41, 5.74) is 4.45. The Hall–Kier alpha value is -0.930. The van der Waals surface area contributed by atoms with E-state index in [1.807, 2.05) is 11.8 Å². The molecule has 1 aliphatic rings. The van der Waals surface area contributed by atoms with E-state index in [9.17, 15) is 0 Å². The van der Waals surface area contributed by atoms with Crippen LogP contribution in [0.4, 0.5) is 0 Å². The molecule has 108 valence electrons. The van der Waals surface area contributed by atoms with Gasteiger partial charge in [-0.25, -0.2) is 0 Å². The molecule has 1 aliphatic carbocycles. The number of aryl methyl sites for hydroxylation is 1. The molecule has 1 atom stereocenters. The van der Waals surface area contributed by atoms with E-state index in [4.69, 9.17) is 0 Å². The van der Waals surface area contributed by atoms with E-state index in [0.717, 1.165) is 6.04 Å². The fourth-order valence-electron chi connectivity index (χ4n) is 3.52. The first kappa shape index (κ1) is 14.0. The lowest BCUT2D eigenvalue weighted by molar-refractivity contribution is 0.222. The maximum absolute atomic E-state index is 3.41. The van der Waals surface area contributed by atoms with Crippen molar-refractivity contribution in [3.8, 4) is 0 Å². The normalized spacial score (nSPS) is 18.7. The summed E-state index contributed by atoms with van der Waals surface area (Å²) in [7, 11) is 2.28. The Morgan fingerprint density at radius 1 is 1.40 bits per heavy atom. The minimum Gasteiger partial charge on any atom is -0.360 e. The fourth-order valence-corrected chi connectivity index (χ4v) is 4.14. The number of hydrogen-bond donors (Lipinski definition) is 1. The summed E-state index contributed by atoms with van der Waals surface area (Å²) in [5, 5.41) is 1.48. The van der Waals surface area contributed by atoms with Crippen molar-refractivity contribution in [3.05, 3.63) is 29.5 Å². The highest BCUT2D eigenvalue weighted by Crippen LogP contribution is 2.35. The van der Waals surface area contributed by atoms with Gasteiger partial charge in [0.05, 0.1) is 0 Å². The van der Waals surface area contributed by atoms with Gasteiger partial charge in [0.1, 0.15) is 0 Å². The van der Waals surface area contributed by atoms with Gasteiger partial charge in [0.25, 0.3) is 0 Å². The van der Waals surface area contributed by atoms with Crippen molar-refractivity contribution in [3.63, 3.8) is 0 Å². The molecule has 1 N–H and O–H groups in total. The quantitative estimate of drug-likeness (QED) is 0.855. The Bertz CT molecular complexity index is 602. The highest BCUT2D eigenvalue weighted by molar-refractivity contribution is 7.98. The molecule has 2 aromatic rings. The van der Waals surface area contributed by atoms with Gasteiger partial charge in [0.15, 0.2) is 0 Å². The SMILES string of the molecule is CCCN(C)C1CCc2c(ccc3[nH]cc(SC)c23)C1. The van der Waals surface area contributed by atoms with Gasteiger partial charge in [-0.3, -0.25) is 0 Å². The Balaban J connectivity index is 1.95. The van der Waals surface area contributed by atoms with E-state index in [1.165, 1.54) is 48.0 Å². The van der Waals surface area contributed by atoms with Crippen molar-refractivity contribution in [1.29, 1.82) is 0 Å². The molecule has 3 heteroatoms. The van der Waals surface area contributed by atoms with Crippen LogP contribution in [0.1, 0.15) is 30.9 Å². The van der Waals surface area contributed by atoms with Crippen molar-refractivity contribution in [2.45, 2.75) is 43.5 Å². The number of aromatic nitrogens is 1. The molecule has 0 amide bonds. The lowest BCUT2D eigenvalue weighted by Crippen LogP contribution is -2.36. The molecule has 2 nitrogen and oxygen atoms in total. The third-order valence-corrected chi connectivity index (χ3v) is 5.38. The van der Waals surface area contributed by atoms with Crippen LogP contribution in [0.2, 0.25) is 0 Å². The average Bonchev–Trinajstić information content (AvgIpc) is 2.90. The number of nitrogens with zero attached hydrogens (tertiary/aromatic N) is 1. The molecule has 20 heavy (non-hydrogen) atoms.